The molecule has 34 heavy (non-hydrogen) atoms. The van der Waals surface area contributed by atoms with Crippen LogP contribution in [0.3, 0.4) is 0 Å². The highest BCUT2D eigenvalue weighted by molar-refractivity contribution is 7.80. The molecule has 7 heteroatoms. The summed E-state index contributed by atoms with van der Waals surface area (Å²) in [6.45, 7) is 15.6. The molecule has 2 rings (SSSR count). The molecule has 0 saturated heterocycles. The zero-order valence-electron chi connectivity index (χ0n) is 22.7. The summed E-state index contributed by atoms with van der Waals surface area (Å²) in [5.74, 6) is 2.04. The number of hydrogen-bond acceptors (Lipinski definition) is 5. The maximum atomic E-state index is 11.7. The lowest BCUT2D eigenvalue weighted by Crippen LogP contribution is -2.52. The first kappa shape index (κ1) is 30.0. The van der Waals surface area contributed by atoms with Crippen molar-refractivity contribution in [2.75, 3.05) is 6.61 Å². The maximum Gasteiger partial charge on any atom is 0.397 e. The van der Waals surface area contributed by atoms with Crippen molar-refractivity contribution in [3.8, 4) is 0 Å². The first-order valence-corrected chi connectivity index (χ1v) is 15.0. The minimum absolute atomic E-state index is 0.00554. The SMILES string of the molecule is CC[C@H](O)CCC(C)(C)C1CC[C@]2(C)C(C(C)CCOS(=O)(=O)O)CCC2C1[C@H](O)[C@@H](C)CC. The van der Waals surface area contributed by atoms with Crippen LogP contribution in [0.1, 0.15) is 106 Å². The molecule has 2 saturated carbocycles. The fourth-order valence-corrected chi connectivity index (χ4v) is 7.95. The Bertz CT molecular complexity index is 737. The molecule has 0 heterocycles. The predicted molar refractivity (Wildman–Crippen MR) is 137 cm³/mol. The van der Waals surface area contributed by atoms with Crippen LogP contribution in [-0.2, 0) is 14.6 Å². The second kappa shape index (κ2) is 11.9. The number of rotatable bonds is 13. The van der Waals surface area contributed by atoms with Crippen molar-refractivity contribution in [3.05, 3.63) is 0 Å². The van der Waals surface area contributed by atoms with Crippen LogP contribution in [0.15, 0.2) is 0 Å². The van der Waals surface area contributed by atoms with Gasteiger partial charge in [-0.3, -0.25) is 4.55 Å². The molecule has 0 amide bonds. The Morgan fingerprint density at radius 3 is 2.26 bits per heavy atom. The first-order valence-electron chi connectivity index (χ1n) is 13.7. The lowest BCUT2D eigenvalue weighted by Gasteiger charge is -2.56. The summed E-state index contributed by atoms with van der Waals surface area (Å²) in [4.78, 5) is 0. The van der Waals surface area contributed by atoms with E-state index in [-0.39, 0.29) is 47.4 Å². The van der Waals surface area contributed by atoms with Crippen molar-refractivity contribution < 1.29 is 27.4 Å². The molecule has 2 aliphatic rings. The van der Waals surface area contributed by atoms with Crippen molar-refractivity contribution in [2.45, 2.75) is 118 Å². The van der Waals surface area contributed by atoms with Crippen LogP contribution in [0, 0.1) is 46.3 Å². The van der Waals surface area contributed by atoms with Gasteiger partial charge in [0.1, 0.15) is 0 Å². The smallest absolute Gasteiger partial charge is 0.393 e. The predicted octanol–water partition coefficient (Wildman–Crippen LogP) is 5.88. The van der Waals surface area contributed by atoms with Crippen molar-refractivity contribution >= 4 is 10.4 Å². The topological polar surface area (TPSA) is 104 Å². The van der Waals surface area contributed by atoms with E-state index in [2.05, 4.69) is 45.7 Å². The van der Waals surface area contributed by atoms with E-state index in [1.165, 1.54) is 0 Å². The second-order valence-corrected chi connectivity index (χ2v) is 13.6. The summed E-state index contributed by atoms with van der Waals surface area (Å²) in [5.41, 5.74) is 0.149. The molecule has 0 radical (unpaired) electrons. The summed E-state index contributed by atoms with van der Waals surface area (Å²) < 4.78 is 35.5. The van der Waals surface area contributed by atoms with E-state index in [1.807, 2.05) is 6.92 Å². The van der Waals surface area contributed by atoms with Crippen LogP contribution >= 0.6 is 0 Å². The molecule has 2 fully saturated rings. The van der Waals surface area contributed by atoms with Crippen LogP contribution in [-0.4, -0.2) is 42.0 Å². The van der Waals surface area contributed by atoms with E-state index in [9.17, 15) is 18.6 Å². The fourth-order valence-electron chi connectivity index (χ4n) is 7.65. The summed E-state index contributed by atoms with van der Waals surface area (Å²) in [6, 6.07) is 0. The van der Waals surface area contributed by atoms with Gasteiger partial charge < -0.3 is 10.2 Å². The standard InChI is InChI=1S/C27H52O6S/c1-8-18(3)25(29)24-22(26(5,6)15-12-20(28)9-2)13-16-27(7)21(10-11-23(24)27)19(4)14-17-33-34(30,31)32/h18-25,28-29H,8-17H2,1-7H3,(H,30,31,32)/t18-,19?,20-,21?,22?,23?,24?,25+,27+/m0/s1. The molecule has 202 valence electrons. The fraction of sp³-hybridized carbons (Fsp3) is 1.00. The van der Waals surface area contributed by atoms with Crippen molar-refractivity contribution in [2.24, 2.45) is 46.3 Å². The zero-order chi connectivity index (χ0) is 25.9. The van der Waals surface area contributed by atoms with E-state index >= 15 is 0 Å². The van der Waals surface area contributed by atoms with Crippen molar-refractivity contribution in [1.29, 1.82) is 0 Å². The van der Waals surface area contributed by atoms with Gasteiger partial charge in [-0.2, -0.15) is 8.42 Å². The third-order valence-electron chi connectivity index (χ3n) is 10.1. The average molecular weight is 505 g/mol. The van der Waals surface area contributed by atoms with Gasteiger partial charge in [0.25, 0.3) is 0 Å². The molecule has 9 atom stereocenters. The average Bonchev–Trinajstić information content (AvgIpc) is 3.11. The second-order valence-electron chi connectivity index (χ2n) is 12.5. The normalized spacial score (nSPS) is 33.8. The third-order valence-corrected chi connectivity index (χ3v) is 10.6. The molecular formula is C27H52O6S. The highest BCUT2D eigenvalue weighted by Gasteiger charge is 2.58. The summed E-state index contributed by atoms with van der Waals surface area (Å²) in [6.07, 6.45) is 7.86. The highest BCUT2D eigenvalue weighted by Crippen LogP contribution is 2.64. The Labute approximate surface area is 209 Å². The van der Waals surface area contributed by atoms with Crippen LogP contribution in [0.5, 0.6) is 0 Å². The molecule has 2 aliphatic carbocycles. The summed E-state index contributed by atoms with van der Waals surface area (Å²) in [5, 5.41) is 21.9. The lowest BCUT2D eigenvalue weighted by atomic mass is 9.50. The maximum absolute atomic E-state index is 11.7. The van der Waals surface area contributed by atoms with Gasteiger partial charge >= 0.3 is 10.4 Å². The van der Waals surface area contributed by atoms with Crippen LogP contribution in [0.4, 0.5) is 0 Å². The minimum atomic E-state index is -4.40. The van der Waals surface area contributed by atoms with Gasteiger partial charge in [0, 0.05) is 0 Å². The van der Waals surface area contributed by atoms with Gasteiger partial charge in [-0.1, -0.05) is 54.9 Å². The zero-order valence-corrected chi connectivity index (χ0v) is 23.5. The molecule has 0 aliphatic heterocycles. The molecular weight excluding hydrogens is 452 g/mol. The largest absolute Gasteiger partial charge is 0.397 e. The van der Waals surface area contributed by atoms with E-state index in [4.69, 9.17) is 4.55 Å². The van der Waals surface area contributed by atoms with Gasteiger partial charge in [-0.15, -0.1) is 0 Å². The third kappa shape index (κ3) is 6.96. The molecule has 0 aromatic heterocycles. The number of aliphatic hydroxyl groups excluding tert-OH is 2. The molecule has 6 nitrogen and oxygen atoms in total. The van der Waals surface area contributed by atoms with Crippen molar-refractivity contribution in [3.63, 3.8) is 0 Å². The summed E-state index contributed by atoms with van der Waals surface area (Å²) in [7, 11) is -4.40. The first-order chi connectivity index (χ1) is 15.7. The van der Waals surface area contributed by atoms with Gasteiger partial charge in [-0.05, 0) is 97.7 Å². The van der Waals surface area contributed by atoms with Crippen molar-refractivity contribution in [1.82, 2.24) is 0 Å². The summed E-state index contributed by atoms with van der Waals surface area (Å²) >= 11 is 0. The Hall–Kier alpha value is -0.210. The van der Waals surface area contributed by atoms with E-state index < -0.39 is 10.4 Å². The quantitative estimate of drug-likeness (QED) is 0.271. The number of fused-ring (bicyclic) bond motifs is 1. The van der Waals surface area contributed by atoms with E-state index in [0.29, 0.717) is 24.2 Å². The Kier molecular flexibility index (Phi) is 10.5. The molecule has 0 bridgehead atoms. The molecule has 0 aromatic carbocycles. The Morgan fingerprint density at radius 2 is 1.71 bits per heavy atom. The van der Waals surface area contributed by atoms with Gasteiger partial charge in [0.2, 0.25) is 0 Å². The highest BCUT2D eigenvalue weighted by atomic mass is 32.3. The van der Waals surface area contributed by atoms with E-state index in [0.717, 1.165) is 51.4 Å². The number of aliphatic hydroxyl groups is 2. The number of hydrogen-bond donors (Lipinski definition) is 3. The molecule has 5 unspecified atom stereocenters. The Morgan fingerprint density at radius 1 is 1.06 bits per heavy atom. The van der Waals surface area contributed by atoms with Crippen LogP contribution in [0.25, 0.3) is 0 Å². The minimum Gasteiger partial charge on any atom is -0.393 e. The van der Waals surface area contributed by atoms with Crippen LogP contribution < -0.4 is 0 Å². The van der Waals surface area contributed by atoms with Gasteiger partial charge in [-0.25, -0.2) is 4.18 Å². The molecule has 0 aromatic rings. The van der Waals surface area contributed by atoms with Gasteiger partial charge in [0.05, 0.1) is 18.8 Å². The van der Waals surface area contributed by atoms with Crippen LogP contribution in [0.2, 0.25) is 0 Å². The lowest BCUT2D eigenvalue weighted by molar-refractivity contribution is -0.111. The molecule has 0 spiro atoms. The Balaban J connectivity index is 2.27. The van der Waals surface area contributed by atoms with E-state index in [1.54, 1.807) is 0 Å². The molecule has 3 N–H and O–H groups in total. The monoisotopic (exact) mass is 504 g/mol. The van der Waals surface area contributed by atoms with Gasteiger partial charge in [0.15, 0.2) is 0 Å².